The van der Waals surface area contributed by atoms with Crippen LogP contribution in [0.4, 0.5) is 0 Å². The number of aliphatic hydroxyl groups excluding tert-OH is 1. The van der Waals surface area contributed by atoms with Gasteiger partial charge in [0.25, 0.3) is 0 Å². The van der Waals surface area contributed by atoms with Crippen molar-refractivity contribution < 1.29 is 29.0 Å². The molecule has 0 spiro atoms. The highest BCUT2D eigenvalue weighted by Gasteiger charge is 2.76. The van der Waals surface area contributed by atoms with E-state index in [1.807, 2.05) is 26.8 Å². The van der Waals surface area contributed by atoms with E-state index in [2.05, 4.69) is 0 Å². The lowest BCUT2D eigenvalue weighted by atomic mass is 9.45. The number of ether oxygens (including phenoxy) is 2. The van der Waals surface area contributed by atoms with Gasteiger partial charge in [-0.2, -0.15) is 0 Å². The number of alkyl halides is 1. The van der Waals surface area contributed by atoms with Crippen LogP contribution in [0.2, 0.25) is 0 Å². The first-order valence-corrected chi connectivity index (χ1v) is 12.4. The number of carbonyl (C=O) groups is 3. The summed E-state index contributed by atoms with van der Waals surface area (Å²) >= 11 is 7.46. The third-order valence-corrected chi connectivity index (χ3v) is 10.4. The maximum absolute atomic E-state index is 13.6. The van der Waals surface area contributed by atoms with E-state index in [-0.39, 0.29) is 48.8 Å². The van der Waals surface area contributed by atoms with Crippen molar-refractivity contribution in [1.29, 1.82) is 0 Å². The lowest BCUT2D eigenvalue weighted by Gasteiger charge is -2.64. The molecule has 4 rings (SSSR count). The molecule has 4 aliphatic rings. The van der Waals surface area contributed by atoms with Gasteiger partial charge in [0, 0.05) is 30.3 Å². The number of hydrogen-bond acceptors (Lipinski definition) is 6. The van der Waals surface area contributed by atoms with E-state index in [1.165, 1.54) is 7.11 Å². The third kappa shape index (κ3) is 3.02. The van der Waals surface area contributed by atoms with Gasteiger partial charge in [-0.25, -0.2) is 0 Å². The van der Waals surface area contributed by atoms with Crippen LogP contribution in [0.25, 0.3) is 0 Å². The molecule has 0 bridgehead atoms. The number of carbonyl (C=O) groups excluding carboxylic acids is 3. The Balaban J connectivity index is 1.84. The fraction of sp³-hybridized carbons (Fsp3) is 0.731. The molecule has 0 aromatic heterocycles. The highest BCUT2D eigenvalue weighted by Crippen LogP contribution is 2.72. The van der Waals surface area contributed by atoms with E-state index in [4.69, 9.17) is 21.1 Å². The van der Waals surface area contributed by atoms with Crippen LogP contribution in [0, 0.1) is 28.6 Å². The minimum atomic E-state index is -1.38. The summed E-state index contributed by atoms with van der Waals surface area (Å²) in [6, 6.07) is 0. The van der Waals surface area contributed by atoms with Crippen LogP contribution in [0.5, 0.6) is 0 Å². The molecule has 6 nitrogen and oxygen atoms in total. The summed E-state index contributed by atoms with van der Waals surface area (Å²) in [5.41, 5.74) is -1.89. The molecule has 182 valence electrons. The Morgan fingerprint density at radius 2 is 1.97 bits per heavy atom. The van der Waals surface area contributed by atoms with Crippen LogP contribution < -0.4 is 0 Å². The molecular weight excluding hydrogens is 444 g/mol. The van der Waals surface area contributed by atoms with Crippen molar-refractivity contribution in [3.8, 4) is 0 Å². The number of halogens is 1. The number of fused-ring (bicyclic) bond motifs is 5. The fourth-order valence-corrected chi connectivity index (χ4v) is 8.41. The average molecular weight is 479 g/mol. The van der Waals surface area contributed by atoms with Gasteiger partial charge in [0.15, 0.2) is 11.4 Å². The smallest absolute Gasteiger partial charge is 0.306 e. The fourth-order valence-electron chi connectivity index (χ4n) is 7.89. The molecule has 0 heterocycles. The Labute approximate surface area is 200 Å². The van der Waals surface area contributed by atoms with Gasteiger partial charge in [0.2, 0.25) is 5.78 Å². The van der Waals surface area contributed by atoms with E-state index in [9.17, 15) is 19.5 Å². The predicted octanol–water partition coefficient (Wildman–Crippen LogP) is 3.78. The zero-order chi connectivity index (χ0) is 24.4. The number of hydrogen-bond donors (Lipinski definition) is 1. The van der Waals surface area contributed by atoms with Crippen LogP contribution in [0.15, 0.2) is 23.8 Å². The Morgan fingerprint density at radius 1 is 1.27 bits per heavy atom. The lowest BCUT2D eigenvalue weighted by molar-refractivity contribution is -0.203. The zero-order valence-corrected chi connectivity index (χ0v) is 20.9. The molecule has 0 saturated heterocycles. The molecule has 0 amide bonds. The van der Waals surface area contributed by atoms with Crippen LogP contribution in [-0.4, -0.2) is 52.9 Å². The largest absolute Gasteiger partial charge is 0.450 e. The molecule has 3 fully saturated rings. The molecule has 0 aromatic carbocycles. The molecule has 8 atom stereocenters. The van der Waals surface area contributed by atoms with Gasteiger partial charge < -0.3 is 14.6 Å². The van der Waals surface area contributed by atoms with E-state index in [0.29, 0.717) is 19.3 Å². The SMILES string of the molecule is CCC(=O)O[C@]1(C(=O)COC)[C@@H](C)C[C@H]2[C@@H]3CCC4=CC(=O)C=C[C@]4(C)[C@@]3(Cl)[C@@H](O)C[C@@]21C. The minimum absolute atomic E-state index is 0.0386. The maximum atomic E-state index is 13.6. The molecule has 3 saturated carbocycles. The van der Waals surface area contributed by atoms with Crippen molar-refractivity contribution in [2.24, 2.45) is 28.6 Å². The van der Waals surface area contributed by atoms with Crippen molar-refractivity contribution in [2.75, 3.05) is 13.7 Å². The Morgan fingerprint density at radius 3 is 2.61 bits per heavy atom. The molecule has 0 unspecified atom stereocenters. The predicted molar refractivity (Wildman–Crippen MR) is 124 cm³/mol. The highest BCUT2D eigenvalue weighted by atomic mass is 35.5. The summed E-state index contributed by atoms with van der Waals surface area (Å²) in [4.78, 5) is 37.2. The van der Waals surface area contributed by atoms with Gasteiger partial charge in [-0.3, -0.25) is 14.4 Å². The monoisotopic (exact) mass is 478 g/mol. The highest BCUT2D eigenvalue weighted by molar-refractivity contribution is 6.26. The van der Waals surface area contributed by atoms with E-state index < -0.39 is 33.4 Å². The van der Waals surface area contributed by atoms with Crippen LogP contribution in [0.3, 0.4) is 0 Å². The summed E-state index contributed by atoms with van der Waals surface area (Å²) in [5, 5.41) is 11.7. The van der Waals surface area contributed by atoms with Crippen molar-refractivity contribution in [3.05, 3.63) is 23.8 Å². The first-order chi connectivity index (χ1) is 15.4. The van der Waals surface area contributed by atoms with E-state index >= 15 is 0 Å². The summed E-state index contributed by atoms with van der Waals surface area (Å²) in [7, 11) is 1.46. The number of rotatable bonds is 5. The quantitative estimate of drug-likeness (QED) is 0.477. The Hall–Kier alpha value is -1.50. The zero-order valence-electron chi connectivity index (χ0n) is 20.2. The van der Waals surface area contributed by atoms with E-state index in [1.54, 1.807) is 19.1 Å². The van der Waals surface area contributed by atoms with Gasteiger partial charge in [0.1, 0.15) is 6.61 Å². The molecule has 7 heteroatoms. The van der Waals surface area contributed by atoms with Crippen LogP contribution in [-0.2, 0) is 23.9 Å². The van der Waals surface area contributed by atoms with Crippen molar-refractivity contribution in [2.45, 2.75) is 76.4 Å². The summed E-state index contributed by atoms with van der Waals surface area (Å²) < 4.78 is 11.3. The molecule has 33 heavy (non-hydrogen) atoms. The second-order valence-electron chi connectivity index (χ2n) is 10.8. The molecule has 0 radical (unpaired) electrons. The Kier molecular flexibility index (Phi) is 5.99. The normalized spacial score (nSPS) is 46.2. The number of esters is 1. The number of ketones is 2. The van der Waals surface area contributed by atoms with Gasteiger partial charge >= 0.3 is 5.97 Å². The molecule has 0 aromatic rings. The van der Waals surface area contributed by atoms with Crippen molar-refractivity contribution >= 4 is 29.1 Å². The van der Waals surface area contributed by atoms with Gasteiger partial charge in [-0.15, -0.1) is 11.6 Å². The maximum Gasteiger partial charge on any atom is 0.306 e. The van der Waals surface area contributed by atoms with E-state index in [0.717, 1.165) is 5.57 Å². The summed E-state index contributed by atoms with van der Waals surface area (Å²) in [5.74, 6) is -1.15. The van der Waals surface area contributed by atoms with Gasteiger partial charge in [0.05, 0.1) is 11.0 Å². The minimum Gasteiger partial charge on any atom is -0.450 e. The molecule has 4 aliphatic carbocycles. The number of Topliss-reactive ketones (excluding diaryl/α,β-unsaturated/α-hetero) is 1. The van der Waals surface area contributed by atoms with Crippen LogP contribution in [0.1, 0.15) is 59.8 Å². The van der Waals surface area contributed by atoms with Gasteiger partial charge in [-0.05, 0) is 49.7 Å². The second kappa shape index (κ2) is 8.03. The number of methoxy groups -OCH3 is 1. The molecule has 0 aliphatic heterocycles. The number of allylic oxidation sites excluding steroid dienone is 4. The summed E-state index contributed by atoms with van der Waals surface area (Å²) in [6.45, 7) is 7.49. The molecular formula is C26H35ClO6. The Bertz CT molecular complexity index is 941. The van der Waals surface area contributed by atoms with Crippen LogP contribution >= 0.6 is 11.6 Å². The van der Waals surface area contributed by atoms with Crippen molar-refractivity contribution in [3.63, 3.8) is 0 Å². The van der Waals surface area contributed by atoms with Gasteiger partial charge in [-0.1, -0.05) is 39.3 Å². The third-order valence-electron chi connectivity index (χ3n) is 9.43. The second-order valence-corrected chi connectivity index (χ2v) is 11.4. The number of aliphatic hydroxyl groups is 1. The topological polar surface area (TPSA) is 89.9 Å². The molecule has 1 N–H and O–H groups in total. The van der Waals surface area contributed by atoms with Crippen molar-refractivity contribution in [1.82, 2.24) is 0 Å². The summed E-state index contributed by atoms with van der Waals surface area (Å²) in [6.07, 6.45) is 6.54. The average Bonchev–Trinajstić information content (AvgIpc) is 2.97. The first-order valence-electron chi connectivity index (χ1n) is 12.0. The standard InChI is InChI=1S/C26H35ClO6/c1-6-22(31)33-26(21(30)14-32-5)15(2)11-19-18-8-7-16-12-17(28)9-10-23(16,3)25(18,27)20(29)13-24(19,26)4/h9-10,12,15,18-20,29H,6-8,11,13-14H2,1-5H3/t15-,18-,19-,20-,23-,24-,25-,26-/m0/s1. The first kappa shape index (κ1) is 24.6. The lowest BCUT2D eigenvalue weighted by Crippen LogP contribution is -2.69.